The van der Waals surface area contributed by atoms with Crippen molar-refractivity contribution in [2.24, 2.45) is 5.73 Å². The molecule has 1 rings (SSSR count). The lowest BCUT2D eigenvalue weighted by atomic mass is 10.2. The number of carbonyl (C=O) groups is 2. The molecule has 0 aliphatic carbocycles. The average molecular weight is 272 g/mol. The third-order valence-corrected chi connectivity index (χ3v) is 2.77. The molecule has 0 bridgehead atoms. The molecule has 0 amide bonds. The van der Waals surface area contributed by atoms with Crippen molar-refractivity contribution in [2.45, 2.75) is 32.4 Å². The summed E-state index contributed by atoms with van der Waals surface area (Å²) in [7, 11) is 1.26. The fourth-order valence-corrected chi connectivity index (χ4v) is 1.87. The number of methoxy groups -OCH3 is 1. The summed E-state index contributed by atoms with van der Waals surface area (Å²) in [5.41, 5.74) is 5.24. The van der Waals surface area contributed by atoms with Gasteiger partial charge in [0.2, 0.25) is 0 Å². The minimum absolute atomic E-state index is 0.136. The molecule has 0 spiro atoms. The lowest BCUT2D eigenvalue weighted by molar-refractivity contribution is -0.156. The molecule has 7 heteroatoms. The molecule has 0 fully saturated rings. The normalized spacial score (nSPS) is 12.9. The molecule has 18 heavy (non-hydrogen) atoms. The number of carbonyl (C=O) groups excluding carboxylic acids is 2. The second-order valence-corrected chi connectivity index (χ2v) is 5.46. The summed E-state index contributed by atoms with van der Waals surface area (Å²) in [4.78, 5) is 26.9. The SMILES string of the molecule is COC(=O)c1csc(C(N)C(=O)OC(C)(C)C)n1. The van der Waals surface area contributed by atoms with Crippen molar-refractivity contribution >= 4 is 23.3 Å². The van der Waals surface area contributed by atoms with Gasteiger partial charge in [-0.15, -0.1) is 11.3 Å². The Bertz CT molecular complexity index is 450. The van der Waals surface area contributed by atoms with Gasteiger partial charge in [0.15, 0.2) is 11.7 Å². The Labute approximate surface area is 109 Å². The summed E-state index contributed by atoms with van der Waals surface area (Å²) >= 11 is 1.12. The lowest BCUT2D eigenvalue weighted by Crippen LogP contribution is -2.31. The van der Waals surface area contributed by atoms with Crippen LogP contribution < -0.4 is 5.73 Å². The predicted molar refractivity (Wildman–Crippen MR) is 66.2 cm³/mol. The van der Waals surface area contributed by atoms with Gasteiger partial charge in [-0.25, -0.2) is 14.6 Å². The first kappa shape index (κ1) is 14.6. The van der Waals surface area contributed by atoms with Crippen molar-refractivity contribution in [2.75, 3.05) is 7.11 Å². The highest BCUT2D eigenvalue weighted by Crippen LogP contribution is 2.20. The van der Waals surface area contributed by atoms with Crippen molar-refractivity contribution in [1.82, 2.24) is 4.98 Å². The van der Waals surface area contributed by atoms with Crippen LogP contribution in [0.4, 0.5) is 0 Å². The van der Waals surface area contributed by atoms with Crippen LogP contribution in [-0.2, 0) is 14.3 Å². The van der Waals surface area contributed by atoms with Gasteiger partial charge < -0.3 is 15.2 Å². The maximum Gasteiger partial charge on any atom is 0.357 e. The van der Waals surface area contributed by atoms with Crippen LogP contribution in [0.3, 0.4) is 0 Å². The Hall–Kier alpha value is -1.47. The van der Waals surface area contributed by atoms with E-state index in [-0.39, 0.29) is 5.69 Å². The predicted octanol–water partition coefficient (Wildman–Crippen LogP) is 1.27. The summed E-state index contributed by atoms with van der Waals surface area (Å²) in [6, 6.07) is -0.993. The molecule has 2 N–H and O–H groups in total. The summed E-state index contributed by atoms with van der Waals surface area (Å²) in [5.74, 6) is -1.14. The van der Waals surface area contributed by atoms with Gasteiger partial charge >= 0.3 is 11.9 Å². The number of nitrogens with two attached hydrogens (primary N) is 1. The Kier molecular flexibility index (Phi) is 4.42. The van der Waals surface area contributed by atoms with E-state index in [0.29, 0.717) is 5.01 Å². The van der Waals surface area contributed by atoms with E-state index < -0.39 is 23.6 Å². The second-order valence-electron chi connectivity index (χ2n) is 4.57. The van der Waals surface area contributed by atoms with E-state index in [9.17, 15) is 9.59 Å². The molecule has 1 atom stereocenters. The third-order valence-electron chi connectivity index (χ3n) is 1.84. The maximum atomic E-state index is 11.7. The molecule has 0 saturated carbocycles. The fourth-order valence-electron chi connectivity index (χ4n) is 1.09. The van der Waals surface area contributed by atoms with Gasteiger partial charge in [0.05, 0.1) is 7.11 Å². The molecule has 1 aromatic heterocycles. The van der Waals surface area contributed by atoms with Gasteiger partial charge in [0.25, 0.3) is 0 Å². The molecular weight excluding hydrogens is 256 g/mol. The van der Waals surface area contributed by atoms with E-state index >= 15 is 0 Å². The minimum Gasteiger partial charge on any atom is -0.464 e. The standard InChI is InChI=1S/C11H16N2O4S/c1-11(2,3)17-10(15)7(12)8-13-6(5-18-8)9(14)16-4/h5,7H,12H2,1-4H3. The smallest absolute Gasteiger partial charge is 0.357 e. The van der Waals surface area contributed by atoms with E-state index in [4.69, 9.17) is 10.5 Å². The molecule has 0 radical (unpaired) electrons. The zero-order chi connectivity index (χ0) is 13.9. The van der Waals surface area contributed by atoms with Crippen LogP contribution in [0, 0.1) is 0 Å². The molecular formula is C11H16N2O4S. The van der Waals surface area contributed by atoms with Gasteiger partial charge in [0, 0.05) is 5.38 Å². The second kappa shape index (κ2) is 5.45. The average Bonchev–Trinajstić information content (AvgIpc) is 2.73. The molecule has 0 aliphatic rings. The number of thiazole rings is 1. The zero-order valence-electron chi connectivity index (χ0n) is 10.7. The van der Waals surface area contributed by atoms with Crippen molar-refractivity contribution < 1.29 is 19.1 Å². The number of rotatable bonds is 3. The molecule has 0 saturated heterocycles. The van der Waals surface area contributed by atoms with Gasteiger partial charge in [0.1, 0.15) is 10.6 Å². The molecule has 1 unspecified atom stereocenters. The van der Waals surface area contributed by atoms with Crippen LogP contribution in [-0.4, -0.2) is 29.6 Å². The highest BCUT2D eigenvalue weighted by atomic mass is 32.1. The Morgan fingerprint density at radius 3 is 2.56 bits per heavy atom. The van der Waals surface area contributed by atoms with Crippen LogP contribution in [0.15, 0.2) is 5.38 Å². The first-order valence-corrected chi connectivity index (χ1v) is 6.14. The molecule has 100 valence electrons. The van der Waals surface area contributed by atoms with Crippen molar-refractivity contribution in [3.05, 3.63) is 16.1 Å². The van der Waals surface area contributed by atoms with E-state index in [0.717, 1.165) is 11.3 Å². The highest BCUT2D eigenvalue weighted by molar-refractivity contribution is 7.10. The van der Waals surface area contributed by atoms with Crippen LogP contribution >= 0.6 is 11.3 Å². The molecule has 1 heterocycles. The molecule has 0 aliphatic heterocycles. The van der Waals surface area contributed by atoms with Gasteiger partial charge in [-0.05, 0) is 20.8 Å². The van der Waals surface area contributed by atoms with Gasteiger partial charge in [-0.3, -0.25) is 0 Å². The first-order chi connectivity index (χ1) is 8.24. The molecule has 6 nitrogen and oxygen atoms in total. The van der Waals surface area contributed by atoms with E-state index in [1.165, 1.54) is 12.5 Å². The van der Waals surface area contributed by atoms with E-state index in [1.54, 1.807) is 20.8 Å². The topological polar surface area (TPSA) is 91.5 Å². The monoisotopic (exact) mass is 272 g/mol. The highest BCUT2D eigenvalue weighted by Gasteiger charge is 2.26. The Morgan fingerprint density at radius 1 is 1.44 bits per heavy atom. The number of esters is 2. The van der Waals surface area contributed by atoms with Crippen LogP contribution in [0.5, 0.6) is 0 Å². The summed E-state index contributed by atoms with van der Waals surface area (Å²) in [5, 5.41) is 1.82. The Balaban J connectivity index is 2.78. The minimum atomic E-state index is -0.993. The molecule has 0 aromatic carbocycles. The van der Waals surface area contributed by atoms with Crippen LogP contribution in [0.1, 0.15) is 42.3 Å². The fraction of sp³-hybridized carbons (Fsp3) is 0.545. The van der Waals surface area contributed by atoms with Crippen LogP contribution in [0.25, 0.3) is 0 Å². The molecule has 1 aromatic rings. The summed E-state index contributed by atoms with van der Waals surface area (Å²) in [6.45, 7) is 5.25. The summed E-state index contributed by atoms with van der Waals surface area (Å²) < 4.78 is 9.66. The summed E-state index contributed by atoms with van der Waals surface area (Å²) in [6.07, 6.45) is 0. The number of ether oxygens (including phenoxy) is 2. The maximum absolute atomic E-state index is 11.7. The van der Waals surface area contributed by atoms with Gasteiger partial charge in [-0.1, -0.05) is 0 Å². The number of nitrogens with zero attached hydrogens (tertiary/aromatic N) is 1. The van der Waals surface area contributed by atoms with Crippen molar-refractivity contribution in [1.29, 1.82) is 0 Å². The largest absolute Gasteiger partial charge is 0.464 e. The third kappa shape index (κ3) is 3.78. The first-order valence-electron chi connectivity index (χ1n) is 5.27. The quantitative estimate of drug-likeness (QED) is 0.833. The van der Waals surface area contributed by atoms with E-state index in [2.05, 4.69) is 9.72 Å². The number of hydrogen-bond acceptors (Lipinski definition) is 7. The number of aromatic nitrogens is 1. The van der Waals surface area contributed by atoms with E-state index in [1.807, 2.05) is 0 Å². The number of hydrogen-bond donors (Lipinski definition) is 1. The van der Waals surface area contributed by atoms with Crippen LogP contribution in [0.2, 0.25) is 0 Å². The van der Waals surface area contributed by atoms with Gasteiger partial charge in [-0.2, -0.15) is 0 Å². The van der Waals surface area contributed by atoms with Crippen molar-refractivity contribution in [3.8, 4) is 0 Å². The lowest BCUT2D eigenvalue weighted by Gasteiger charge is -2.21. The zero-order valence-corrected chi connectivity index (χ0v) is 11.5. The Morgan fingerprint density at radius 2 is 2.06 bits per heavy atom. The van der Waals surface area contributed by atoms with Crippen molar-refractivity contribution in [3.63, 3.8) is 0 Å².